The monoisotopic (exact) mass is 388 g/mol. The quantitative estimate of drug-likeness (QED) is 0.593. The minimum Gasteiger partial charge on any atom is -0.397 e. The molecule has 1 aliphatic heterocycles. The average Bonchev–Trinajstić information content (AvgIpc) is 3.12. The van der Waals surface area contributed by atoms with Gasteiger partial charge in [0.25, 0.3) is 0 Å². The van der Waals surface area contributed by atoms with Crippen molar-refractivity contribution in [2.45, 2.75) is 45.6 Å². The Morgan fingerprint density at radius 1 is 1.26 bits per heavy atom. The number of nitrogens with one attached hydrogen (secondary N) is 2. The van der Waals surface area contributed by atoms with E-state index < -0.39 is 0 Å². The van der Waals surface area contributed by atoms with Gasteiger partial charge >= 0.3 is 0 Å². The van der Waals surface area contributed by atoms with Crippen molar-refractivity contribution in [3.63, 3.8) is 0 Å². The molecule has 1 atom stereocenters. The second-order valence-corrected chi connectivity index (χ2v) is 7.40. The summed E-state index contributed by atoms with van der Waals surface area (Å²) in [6.07, 6.45) is 4.35. The Morgan fingerprint density at radius 3 is 2.85 bits per heavy atom. The van der Waals surface area contributed by atoms with Gasteiger partial charge < -0.3 is 21.3 Å². The molecule has 0 saturated carbocycles. The second-order valence-electron chi connectivity index (χ2n) is 7.00. The zero-order valence-corrected chi connectivity index (χ0v) is 16.9. The molecule has 0 bridgehead atoms. The van der Waals surface area contributed by atoms with Crippen molar-refractivity contribution in [3.8, 4) is 0 Å². The molecular weight excluding hydrogens is 360 g/mol. The molecule has 0 unspecified atom stereocenters. The highest BCUT2D eigenvalue weighted by Crippen LogP contribution is 2.26. The normalized spacial score (nSPS) is 16.7. The molecule has 6 nitrogen and oxygen atoms in total. The summed E-state index contributed by atoms with van der Waals surface area (Å²) < 4.78 is 0. The first-order chi connectivity index (χ1) is 13.1. The maximum Gasteiger partial charge on any atom is 0.229 e. The summed E-state index contributed by atoms with van der Waals surface area (Å²) in [6, 6.07) is 8.13. The van der Waals surface area contributed by atoms with E-state index in [1.807, 2.05) is 6.07 Å². The fraction of sp³-hybridized carbons (Fsp3) is 0.500. The molecule has 0 spiro atoms. The molecular formula is C20H29ClN6. The van der Waals surface area contributed by atoms with Gasteiger partial charge in [-0.3, -0.25) is 0 Å². The molecule has 146 valence electrons. The maximum atomic E-state index is 6.02. The Kier molecular flexibility index (Phi) is 6.74. The number of rotatable bonds is 8. The van der Waals surface area contributed by atoms with Crippen LogP contribution in [0.2, 0.25) is 5.02 Å². The largest absolute Gasteiger partial charge is 0.397 e. The van der Waals surface area contributed by atoms with Crippen LogP contribution in [0, 0.1) is 0 Å². The first-order valence-electron chi connectivity index (χ1n) is 9.77. The Hall–Kier alpha value is -2.05. The number of likely N-dealkylation sites (N-methyl/N-ethyl adjacent to an activating group) is 1. The fourth-order valence-corrected chi connectivity index (χ4v) is 3.48. The summed E-state index contributed by atoms with van der Waals surface area (Å²) in [5, 5.41) is 7.36. The molecule has 1 aromatic heterocycles. The van der Waals surface area contributed by atoms with E-state index in [9.17, 15) is 0 Å². The molecule has 1 saturated heterocycles. The van der Waals surface area contributed by atoms with Crippen LogP contribution >= 0.6 is 11.6 Å². The molecule has 0 aliphatic carbocycles. The molecule has 0 amide bonds. The smallest absolute Gasteiger partial charge is 0.229 e. The topological polar surface area (TPSA) is 79.1 Å². The van der Waals surface area contributed by atoms with E-state index >= 15 is 0 Å². The minimum atomic E-state index is 0.525. The zero-order valence-electron chi connectivity index (χ0n) is 16.1. The molecule has 7 heteroatoms. The van der Waals surface area contributed by atoms with Gasteiger partial charge in [-0.05, 0) is 44.0 Å². The van der Waals surface area contributed by atoms with Gasteiger partial charge in [0.2, 0.25) is 5.95 Å². The second kappa shape index (κ2) is 9.24. The Balaban J connectivity index is 1.82. The third kappa shape index (κ3) is 5.23. The van der Waals surface area contributed by atoms with E-state index in [4.69, 9.17) is 27.3 Å². The maximum absolute atomic E-state index is 6.02. The molecule has 1 fully saturated rings. The van der Waals surface area contributed by atoms with Crippen LogP contribution in [-0.2, 0) is 6.42 Å². The number of nitrogens with two attached hydrogens (primary N) is 1. The van der Waals surface area contributed by atoms with Crippen LogP contribution in [0.5, 0.6) is 0 Å². The van der Waals surface area contributed by atoms with Crippen LogP contribution in [0.3, 0.4) is 0 Å². The van der Waals surface area contributed by atoms with Crippen LogP contribution in [0.25, 0.3) is 0 Å². The van der Waals surface area contributed by atoms with Gasteiger partial charge in [0, 0.05) is 36.6 Å². The third-order valence-corrected chi connectivity index (χ3v) is 5.15. The predicted octanol–water partition coefficient (Wildman–Crippen LogP) is 3.99. The lowest BCUT2D eigenvalue weighted by atomic mass is 10.2. The predicted molar refractivity (Wildman–Crippen MR) is 114 cm³/mol. The van der Waals surface area contributed by atoms with Crippen LogP contribution in [0.1, 0.15) is 38.8 Å². The van der Waals surface area contributed by atoms with Gasteiger partial charge in [-0.15, -0.1) is 0 Å². The highest BCUT2D eigenvalue weighted by molar-refractivity contribution is 6.33. The lowest BCUT2D eigenvalue weighted by molar-refractivity contribution is 0.571. The summed E-state index contributed by atoms with van der Waals surface area (Å²) in [4.78, 5) is 11.8. The van der Waals surface area contributed by atoms with Gasteiger partial charge in [-0.2, -0.15) is 4.98 Å². The summed E-state index contributed by atoms with van der Waals surface area (Å²) in [5.41, 5.74) is 8.36. The summed E-state index contributed by atoms with van der Waals surface area (Å²) in [7, 11) is 0. The first kappa shape index (κ1) is 19.7. The average molecular weight is 389 g/mol. The zero-order chi connectivity index (χ0) is 19.2. The molecule has 2 heterocycles. The SMILES string of the molecule is CCCCc1cc(N2CC[C@H](NCC)C2)nc(Nc2ccc(Cl)c(N)c2)n1. The minimum absolute atomic E-state index is 0.525. The molecule has 2 aromatic rings. The number of benzene rings is 1. The Morgan fingerprint density at radius 2 is 2.11 bits per heavy atom. The number of hydrogen-bond donors (Lipinski definition) is 3. The first-order valence-corrected chi connectivity index (χ1v) is 10.1. The highest BCUT2D eigenvalue weighted by Gasteiger charge is 2.23. The molecule has 27 heavy (non-hydrogen) atoms. The fourth-order valence-electron chi connectivity index (χ4n) is 3.36. The summed E-state index contributed by atoms with van der Waals surface area (Å²) >= 11 is 6.02. The van der Waals surface area contributed by atoms with Crippen LogP contribution < -0.4 is 21.3 Å². The van der Waals surface area contributed by atoms with E-state index in [-0.39, 0.29) is 0 Å². The molecule has 4 N–H and O–H groups in total. The third-order valence-electron chi connectivity index (χ3n) is 4.81. The number of aromatic nitrogens is 2. The molecule has 1 aromatic carbocycles. The van der Waals surface area contributed by atoms with Crippen molar-refractivity contribution < 1.29 is 0 Å². The van der Waals surface area contributed by atoms with Crippen molar-refractivity contribution >= 4 is 34.7 Å². The van der Waals surface area contributed by atoms with Gasteiger partial charge in [-0.25, -0.2) is 4.98 Å². The number of unbranched alkanes of at least 4 members (excludes halogenated alkanes) is 1. The van der Waals surface area contributed by atoms with Crippen molar-refractivity contribution in [3.05, 3.63) is 35.0 Å². The lowest BCUT2D eigenvalue weighted by Gasteiger charge is -2.19. The number of aryl methyl sites for hydroxylation is 1. The van der Waals surface area contributed by atoms with Crippen LogP contribution in [0.4, 0.5) is 23.1 Å². The standard InChI is InChI=1S/C20H29ClN6/c1-3-5-6-14-12-19(27-10-9-16(13-27)23-4-2)26-20(24-14)25-15-7-8-17(21)18(22)11-15/h7-8,11-12,16,23H,3-6,9-10,13,22H2,1-2H3,(H,24,25,26)/t16-/m0/s1. The number of hydrogen-bond acceptors (Lipinski definition) is 6. The number of nitrogen functional groups attached to an aromatic ring is 1. The van der Waals surface area contributed by atoms with Gasteiger partial charge in [-0.1, -0.05) is 31.9 Å². The summed E-state index contributed by atoms with van der Waals surface area (Å²) in [5.74, 6) is 1.59. The van der Waals surface area contributed by atoms with Crippen molar-refractivity contribution in [1.82, 2.24) is 15.3 Å². The van der Waals surface area contributed by atoms with E-state index in [2.05, 4.69) is 35.4 Å². The highest BCUT2D eigenvalue weighted by atomic mass is 35.5. The number of nitrogens with zero attached hydrogens (tertiary/aromatic N) is 3. The number of halogens is 1. The van der Waals surface area contributed by atoms with Crippen molar-refractivity contribution in [1.29, 1.82) is 0 Å². The van der Waals surface area contributed by atoms with Gasteiger partial charge in [0.1, 0.15) is 5.82 Å². The van der Waals surface area contributed by atoms with Gasteiger partial charge in [0.15, 0.2) is 0 Å². The van der Waals surface area contributed by atoms with Gasteiger partial charge in [0.05, 0.1) is 10.7 Å². The molecule has 1 aliphatic rings. The van der Waals surface area contributed by atoms with E-state index in [1.54, 1.807) is 12.1 Å². The van der Waals surface area contributed by atoms with E-state index in [0.717, 1.165) is 62.5 Å². The van der Waals surface area contributed by atoms with Crippen molar-refractivity contribution in [2.75, 3.05) is 35.6 Å². The molecule has 3 rings (SSSR count). The molecule has 0 radical (unpaired) electrons. The Labute approximate surface area is 166 Å². The lowest BCUT2D eigenvalue weighted by Crippen LogP contribution is -2.32. The Bertz CT molecular complexity index is 766. The number of anilines is 4. The van der Waals surface area contributed by atoms with Crippen molar-refractivity contribution in [2.24, 2.45) is 0 Å². The van der Waals surface area contributed by atoms with E-state index in [0.29, 0.717) is 22.7 Å². The van der Waals surface area contributed by atoms with E-state index in [1.165, 1.54) is 0 Å². The summed E-state index contributed by atoms with van der Waals surface area (Å²) in [6.45, 7) is 7.32. The van der Waals surface area contributed by atoms with Crippen LogP contribution in [0.15, 0.2) is 24.3 Å². The van der Waals surface area contributed by atoms with Crippen LogP contribution in [-0.4, -0.2) is 35.6 Å².